The number of halogens is 1. The Morgan fingerprint density at radius 3 is 2.80 bits per heavy atom. The number of aromatic nitrogens is 3. The number of nitrogens with one attached hydrogen (secondary N) is 1. The van der Waals surface area contributed by atoms with Gasteiger partial charge in [0.15, 0.2) is 0 Å². The second-order valence-corrected chi connectivity index (χ2v) is 9.46. The summed E-state index contributed by atoms with van der Waals surface area (Å²) in [5, 5.41) is 9.25. The minimum atomic E-state index is -0.202. The Balaban J connectivity index is 1.59. The van der Waals surface area contributed by atoms with E-state index in [-0.39, 0.29) is 17.2 Å². The fourth-order valence-electron chi connectivity index (χ4n) is 3.75. The SMILES string of the molecule is CCc1cc(=O)n2nc(NCC(c3ccc(Cl)cc3)N3CCOC(C)(C)C3)sc2n1. The highest BCUT2D eigenvalue weighted by Crippen LogP contribution is 2.29. The van der Waals surface area contributed by atoms with Gasteiger partial charge in [0, 0.05) is 36.4 Å². The number of ether oxygens (including phenoxy) is 1. The van der Waals surface area contributed by atoms with E-state index >= 15 is 0 Å². The van der Waals surface area contributed by atoms with E-state index in [0.29, 0.717) is 23.2 Å². The van der Waals surface area contributed by atoms with Gasteiger partial charge in [-0.05, 0) is 38.0 Å². The summed E-state index contributed by atoms with van der Waals surface area (Å²) < 4.78 is 7.26. The fourth-order valence-corrected chi connectivity index (χ4v) is 4.71. The van der Waals surface area contributed by atoms with Crippen molar-refractivity contribution in [3.8, 4) is 0 Å². The van der Waals surface area contributed by atoms with Crippen molar-refractivity contribution in [3.63, 3.8) is 0 Å². The molecule has 0 spiro atoms. The predicted molar refractivity (Wildman–Crippen MR) is 121 cm³/mol. The van der Waals surface area contributed by atoms with Gasteiger partial charge in [0.05, 0.1) is 18.2 Å². The second-order valence-electron chi connectivity index (χ2n) is 8.07. The molecule has 0 saturated carbocycles. The molecule has 7 nitrogen and oxygen atoms in total. The maximum atomic E-state index is 12.3. The Morgan fingerprint density at radius 1 is 1.33 bits per heavy atom. The Labute approximate surface area is 184 Å². The first kappa shape index (κ1) is 21.2. The summed E-state index contributed by atoms with van der Waals surface area (Å²) >= 11 is 7.50. The number of hydrogen-bond donors (Lipinski definition) is 1. The lowest BCUT2D eigenvalue weighted by Crippen LogP contribution is -2.50. The van der Waals surface area contributed by atoms with Crippen LogP contribution in [-0.4, -0.2) is 51.3 Å². The van der Waals surface area contributed by atoms with Gasteiger partial charge in [-0.1, -0.05) is 42.0 Å². The van der Waals surface area contributed by atoms with Crippen molar-refractivity contribution in [2.24, 2.45) is 0 Å². The molecule has 1 aliphatic heterocycles. The zero-order valence-electron chi connectivity index (χ0n) is 17.4. The molecule has 0 bridgehead atoms. The van der Waals surface area contributed by atoms with E-state index in [4.69, 9.17) is 16.3 Å². The average molecular weight is 448 g/mol. The molecule has 0 amide bonds. The first-order chi connectivity index (χ1) is 14.3. The molecule has 1 fully saturated rings. The summed E-state index contributed by atoms with van der Waals surface area (Å²) in [5.41, 5.74) is 1.61. The van der Waals surface area contributed by atoms with Crippen LogP contribution in [0.5, 0.6) is 0 Å². The van der Waals surface area contributed by atoms with Crippen LogP contribution in [0.1, 0.15) is 38.1 Å². The first-order valence-corrected chi connectivity index (χ1v) is 11.3. The zero-order chi connectivity index (χ0) is 21.3. The van der Waals surface area contributed by atoms with Crippen molar-refractivity contribution in [3.05, 3.63) is 57.0 Å². The number of aryl methyl sites for hydroxylation is 1. The highest BCUT2D eigenvalue weighted by atomic mass is 35.5. The van der Waals surface area contributed by atoms with Crippen LogP contribution in [0.25, 0.3) is 4.96 Å². The van der Waals surface area contributed by atoms with Gasteiger partial charge in [-0.2, -0.15) is 4.52 Å². The molecule has 1 saturated heterocycles. The van der Waals surface area contributed by atoms with Crippen LogP contribution in [0.15, 0.2) is 35.1 Å². The highest BCUT2D eigenvalue weighted by Gasteiger charge is 2.32. The molecule has 0 radical (unpaired) electrons. The van der Waals surface area contributed by atoms with Gasteiger partial charge in [-0.15, -0.1) is 5.10 Å². The van der Waals surface area contributed by atoms with Crippen LogP contribution in [0.3, 0.4) is 0 Å². The molecule has 30 heavy (non-hydrogen) atoms. The number of nitrogens with zero attached hydrogens (tertiary/aromatic N) is 4. The lowest BCUT2D eigenvalue weighted by atomic mass is 10.0. The Hall–Kier alpha value is -2.00. The van der Waals surface area contributed by atoms with Gasteiger partial charge < -0.3 is 10.1 Å². The van der Waals surface area contributed by atoms with Gasteiger partial charge in [0.2, 0.25) is 10.1 Å². The predicted octanol–water partition coefficient (Wildman–Crippen LogP) is 3.63. The third-order valence-electron chi connectivity index (χ3n) is 5.26. The molecule has 3 heterocycles. The molecule has 0 aliphatic carbocycles. The van der Waals surface area contributed by atoms with Crippen molar-refractivity contribution < 1.29 is 4.74 Å². The summed E-state index contributed by atoms with van der Waals surface area (Å²) in [6, 6.07) is 9.63. The molecule has 2 aromatic heterocycles. The molecule has 1 aromatic carbocycles. The molecule has 1 unspecified atom stereocenters. The highest BCUT2D eigenvalue weighted by molar-refractivity contribution is 7.20. The van der Waals surface area contributed by atoms with E-state index in [1.807, 2.05) is 19.1 Å². The van der Waals surface area contributed by atoms with Gasteiger partial charge in [-0.25, -0.2) is 4.98 Å². The van der Waals surface area contributed by atoms with E-state index in [0.717, 1.165) is 30.2 Å². The summed E-state index contributed by atoms with van der Waals surface area (Å²) in [5.74, 6) is 0. The maximum Gasteiger partial charge on any atom is 0.275 e. The summed E-state index contributed by atoms with van der Waals surface area (Å²) in [4.78, 5) is 19.8. The molecule has 160 valence electrons. The average Bonchev–Trinajstić information content (AvgIpc) is 3.12. The molecule has 9 heteroatoms. The molecular weight excluding hydrogens is 422 g/mol. The Morgan fingerprint density at radius 2 is 2.10 bits per heavy atom. The number of anilines is 1. The monoisotopic (exact) mass is 447 g/mol. The number of benzene rings is 1. The summed E-state index contributed by atoms with van der Waals surface area (Å²) in [6.45, 7) is 9.22. The Bertz CT molecular complexity index is 1080. The third-order valence-corrected chi connectivity index (χ3v) is 6.38. The maximum absolute atomic E-state index is 12.3. The standard InChI is InChI=1S/C21H26ClN5O2S/c1-4-16-11-18(28)27-20(24-16)30-19(25-27)23-12-17(14-5-7-15(22)8-6-14)26-9-10-29-21(2,3)13-26/h5-8,11,17H,4,9-10,12-13H2,1-3H3,(H,23,25). The zero-order valence-corrected chi connectivity index (χ0v) is 19.0. The Kier molecular flexibility index (Phi) is 6.11. The number of morpholine rings is 1. The van der Waals surface area contributed by atoms with Gasteiger partial charge in [-0.3, -0.25) is 9.69 Å². The molecular formula is C21H26ClN5O2S. The van der Waals surface area contributed by atoms with E-state index in [1.165, 1.54) is 21.4 Å². The molecule has 3 aromatic rings. The second kappa shape index (κ2) is 8.63. The number of rotatable bonds is 6. The lowest BCUT2D eigenvalue weighted by molar-refractivity contribution is -0.0963. The van der Waals surface area contributed by atoms with Crippen molar-refractivity contribution in [2.75, 3.05) is 31.6 Å². The normalized spacial score (nSPS) is 17.9. The smallest absolute Gasteiger partial charge is 0.275 e. The van der Waals surface area contributed by atoms with Crippen LogP contribution in [0, 0.1) is 0 Å². The van der Waals surface area contributed by atoms with Crippen LogP contribution >= 0.6 is 22.9 Å². The molecule has 1 aliphatic rings. The minimum absolute atomic E-state index is 0.119. The topological polar surface area (TPSA) is 71.8 Å². The van der Waals surface area contributed by atoms with Gasteiger partial charge in [0.1, 0.15) is 0 Å². The molecule has 4 rings (SSSR count). The van der Waals surface area contributed by atoms with E-state index in [2.05, 4.69) is 46.3 Å². The lowest BCUT2D eigenvalue weighted by Gasteiger charge is -2.42. The third kappa shape index (κ3) is 4.67. The quantitative estimate of drug-likeness (QED) is 0.622. The van der Waals surface area contributed by atoms with Gasteiger partial charge >= 0.3 is 0 Å². The van der Waals surface area contributed by atoms with E-state index < -0.39 is 0 Å². The van der Waals surface area contributed by atoms with Gasteiger partial charge in [0.25, 0.3) is 5.56 Å². The summed E-state index contributed by atoms with van der Waals surface area (Å²) in [7, 11) is 0. The van der Waals surface area contributed by atoms with Crippen LogP contribution in [0.4, 0.5) is 5.13 Å². The fraction of sp³-hybridized carbons (Fsp3) is 0.476. The van der Waals surface area contributed by atoms with Crippen molar-refractivity contribution in [1.29, 1.82) is 0 Å². The largest absolute Gasteiger partial charge is 0.373 e. The van der Waals surface area contributed by atoms with Crippen molar-refractivity contribution >= 4 is 33.0 Å². The van der Waals surface area contributed by atoms with E-state index in [9.17, 15) is 4.79 Å². The number of fused-ring (bicyclic) bond motifs is 1. The number of hydrogen-bond acceptors (Lipinski definition) is 7. The van der Waals surface area contributed by atoms with Crippen molar-refractivity contribution in [2.45, 2.75) is 38.8 Å². The van der Waals surface area contributed by atoms with Crippen molar-refractivity contribution in [1.82, 2.24) is 19.5 Å². The minimum Gasteiger partial charge on any atom is -0.373 e. The van der Waals surface area contributed by atoms with Crippen LogP contribution in [0.2, 0.25) is 5.02 Å². The summed E-state index contributed by atoms with van der Waals surface area (Å²) in [6.07, 6.45) is 0.720. The van der Waals surface area contributed by atoms with E-state index in [1.54, 1.807) is 6.07 Å². The van der Waals surface area contributed by atoms with Crippen LogP contribution < -0.4 is 10.9 Å². The molecule has 1 atom stereocenters. The first-order valence-electron chi connectivity index (χ1n) is 10.1. The van der Waals surface area contributed by atoms with Crippen LogP contribution in [-0.2, 0) is 11.2 Å². The molecule has 1 N–H and O–H groups in total.